The summed E-state index contributed by atoms with van der Waals surface area (Å²) < 4.78 is 0. The van der Waals surface area contributed by atoms with E-state index in [0.717, 1.165) is 22.5 Å². The summed E-state index contributed by atoms with van der Waals surface area (Å²) in [6, 6.07) is 9.76. The Morgan fingerprint density at radius 2 is 2.16 bits per heavy atom. The second-order valence-corrected chi connectivity index (χ2v) is 3.85. The molecule has 19 heavy (non-hydrogen) atoms. The smallest absolute Gasteiger partial charge is 0.0725 e. The van der Waals surface area contributed by atoms with Crippen LogP contribution in [0.3, 0.4) is 0 Å². The molecule has 0 saturated heterocycles. The van der Waals surface area contributed by atoms with Crippen molar-refractivity contribution in [1.29, 1.82) is 0 Å². The van der Waals surface area contributed by atoms with Gasteiger partial charge in [0.05, 0.1) is 11.4 Å². The van der Waals surface area contributed by atoms with Gasteiger partial charge in [-0.05, 0) is 31.2 Å². The van der Waals surface area contributed by atoms with Crippen molar-refractivity contribution < 1.29 is 0 Å². The lowest BCUT2D eigenvalue weighted by atomic mass is 10.1. The van der Waals surface area contributed by atoms with Gasteiger partial charge in [0, 0.05) is 35.9 Å². The molecule has 0 fully saturated rings. The molecule has 2 aromatic heterocycles. The summed E-state index contributed by atoms with van der Waals surface area (Å²) in [7, 11) is 0. The van der Waals surface area contributed by atoms with Crippen molar-refractivity contribution in [2.75, 3.05) is 0 Å². The van der Waals surface area contributed by atoms with Gasteiger partial charge in [0.15, 0.2) is 0 Å². The third kappa shape index (κ3) is 3.22. The Labute approximate surface area is 113 Å². The molecule has 0 unspecified atom stereocenters. The van der Waals surface area contributed by atoms with Crippen molar-refractivity contribution in [3.05, 3.63) is 67.3 Å². The molecule has 0 amide bonds. The summed E-state index contributed by atoms with van der Waals surface area (Å²) in [5.41, 5.74) is 3.62. The summed E-state index contributed by atoms with van der Waals surface area (Å²) in [6.45, 7) is 5.67. The minimum Gasteiger partial charge on any atom is -0.269 e. The van der Waals surface area contributed by atoms with Crippen LogP contribution in [0.15, 0.2) is 66.6 Å². The van der Waals surface area contributed by atoms with E-state index in [2.05, 4.69) is 21.5 Å². The van der Waals surface area contributed by atoms with E-state index in [-0.39, 0.29) is 0 Å². The fourth-order valence-corrected chi connectivity index (χ4v) is 1.65. The summed E-state index contributed by atoms with van der Waals surface area (Å²) >= 11 is 0. The third-order valence-corrected chi connectivity index (χ3v) is 2.58. The van der Waals surface area contributed by atoms with E-state index in [4.69, 9.17) is 0 Å². The number of allylic oxidation sites excluding steroid dienone is 2. The zero-order valence-electron chi connectivity index (χ0n) is 10.8. The number of rotatable bonds is 4. The van der Waals surface area contributed by atoms with E-state index < -0.39 is 0 Å². The van der Waals surface area contributed by atoms with Gasteiger partial charge in [-0.1, -0.05) is 18.7 Å². The standard InChI is InChI=1S/C16H15N3/c1-3-13(11-17-4-2)15-8-5-9-16(19-15)14-7-6-10-18-12-14/h3-12H,1H2,2H3/b13-11+,17-4-. The SMILES string of the molecule is C=C/C(=C\N=C/C)c1cccc(-c2cccnc2)n1. The van der Waals surface area contributed by atoms with Gasteiger partial charge in [-0.25, -0.2) is 4.98 Å². The Kier molecular flexibility index (Phi) is 4.34. The maximum absolute atomic E-state index is 4.61. The van der Waals surface area contributed by atoms with Gasteiger partial charge in [0.2, 0.25) is 0 Å². The zero-order chi connectivity index (χ0) is 13.5. The van der Waals surface area contributed by atoms with Gasteiger partial charge < -0.3 is 0 Å². The maximum Gasteiger partial charge on any atom is 0.0725 e. The first kappa shape index (κ1) is 12.9. The fourth-order valence-electron chi connectivity index (χ4n) is 1.65. The van der Waals surface area contributed by atoms with Crippen LogP contribution >= 0.6 is 0 Å². The topological polar surface area (TPSA) is 38.1 Å². The quantitative estimate of drug-likeness (QED) is 0.611. The number of aromatic nitrogens is 2. The summed E-state index contributed by atoms with van der Waals surface area (Å²) in [6.07, 6.45) is 8.78. The minimum absolute atomic E-state index is 0.849. The third-order valence-electron chi connectivity index (χ3n) is 2.58. The van der Waals surface area contributed by atoms with E-state index in [0.29, 0.717) is 0 Å². The monoisotopic (exact) mass is 249 g/mol. The number of aliphatic imine (C=N–C) groups is 1. The Morgan fingerprint density at radius 1 is 1.26 bits per heavy atom. The van der Waals surface area contributed by atoms with E-state index >= 15 is 0 Å². The molecule has 2 aromatic rings. The lowest BCUT2D eigenvalue weighted by molar-refractivity contribution is 1.25. The van der Waals surface area contributed by atoms with Crippen LogP contribution in [-0.4, -0.2) is 16.2 Å². The predicted octanol–water partition coefficient (Wildman–Crippen LogP) is 3.76. The molecule has 0 aliphatic carbocycles. The Hall–Kier alpha value is -2.55. The van der Waals surface area contributed by atoms with Gasteiger partial charge in [-0.15, -0.1) is 0 Å². The molecule has 94 valence electrons. The number of hydrogen-bond donors (Lipinski definition) is 0. The van der Waals surface area contributed by atoms with Gasteiger partial charge >= 0.3 is 0 Å². The molecule has 2 heterocycles. The van der Waals surface area contributed by atoms with Crippen LogP contribution in [0.25, 0.3) is 16.8 Å². The Bertz CT molecular complexity index is 613. The number of nitrogens with zero attached hydrogens (tertiary/aromatic N) is 3. The molecule has 0 bridgehead atoms. The molecule has 0 aliphatic heterocycles. The fraction of sp³-hybridized carbons (Fsp3) is 0.0625. The Balaban J connectivity index is 2.42. The van der Waals surface area contributed by atoms with E-state index in [1.54, 1.807) is 30.9 Å². The van der Waals surface area contributed by atoms with Gasteiger partial charge in [0.1, 0.15) is 0 Å². The first-order valence-corrected chi connectivity index (χ1v) is 6.03. The first-order valence-electron chi connectivity index (χ1n) is 6.03. The average molecular weight is 249 g/mol. The van der Waals surface area contributed by atoms with Crippen LogP contribution in [0.1, 0.15) is 12.6 Å². The van der Waals surface area contributed by atoms with E-state index in [1.807, 2.05) is 37.3 Å². The van der Waals surface area contributed by atoms with Crippen LogP contribution in [0.2, 0.25) is 0 Å². The van der Waals surface area contributed by atoms with Crippen LogP contribution in [0.4, 0.5) is 0 Å². The lowest BCUT2D eigenvalue weighted by Crippen LogP contribution is -1.90. The molecule has 0 radical (unpaired) electrons. The van der Waals surface area contributed by atoms with Crippen molar-refractivity contribution >= 4 is 11.8 Å². The zero-order valence-corrected chi connectivity index (χ0v) is 10.8. The Morgan fingerprint density at radius 3 is 2.84 bits per heavy atom. The number of pyridine rings is 2. The van der Waals surface area contributed by atoms with Crippen LogP contribution in [-0.2, 0) is 0 Å². The molecule has 0 spiro atoms. The second kappa shape index (κ2) is 6.40. The van der Waals surface area contributed by atoms with Crippen molar-refractivity contribution in [3.63, 3.8) is 0 Å². The largest absolute Gasteiger partial charge is 0.269 e. The van der Waals surface area contributed by atoms with Crippen LogP contribution < -0.4 is 0 Å². The molecular formula is C16H15N3. The molecule has 0 aliphatic rings. The van der Waals surface area contributed by atoms with Crippen molar-refractivity contribution in [2.24, 2.45) is 4.99 Å². The first-order chi connectivity index (χ1) is 9.35. The highest BCUT2D eigenvalue weighted by Crippen LogP contribution is 2.19. The highest BCUT2D eigenvalue weighted by Gasteiger charge is 2.03. The van der Waals surface area contributed by atoms with Crippen molar-refractivity contribution in [3.8, 4) is 11.3 Å². The van der Waals surface area contributed by atoms with E-state index in [1.165, 1.54) is 0 Å². The molecule has 0 N–H and O–H groups in total. The summed E-state index contributed by atoms with van der Waals surface area (Å²) in [5.74, 6) is 0. The van der Waals surface area contributed by atoms with Gasteiger partial charge in [-0.2, -0.15) is 0 Å². The molecule has 0 saturated carbocycles. The predicted molar refractivity (Wildman–Crippen MR) is 79.8 cm³/mol. The molecule has 3 heteroatoms. The van der Waals surface area contributed by atoms with Gasteiger partial charge in [0.25, 0.3) is 0 Å². The molecule has 3 nitrogen and oxygen atoms in total. The van der Waals surface area contributed by atoms with Crippen LogP contribution in [0.5, 0.6) is 0 Å². The maximum atomic E-state index is 4.61. The molecule has 0 atom stereocenters. The average Bonchev–Trinajstić information content (AvgIpc) is 2.49. The number of hydrogen-bond acceptors (Lipinski definition) is 3. The van der Waals surface area contributed by atoms with Crippen LogP contribution in [0, 0.1) is 0 Å². The van der Waals surface area contributed by atoms with E-state index in [9.17, 15) is 0 Å². The summed E-state index contributed by atoms with van der Waals surface area (Å²) in [5, 5.41) is 0. The molecule has 2 rings (SSSR count). The normalized spacial score (nSPS) is 11.7. The molecular weight excluding hydrogens is 234 g/mol. The lowest BCUT2D eigenvalue weighted by Gasteiger charge is -2.04. The molecule has 0 aromatic carbocycles. The van der Waals surface area contributed by atoms with Crippen molar-refractivity contribution in [2.45, 2.75) is 6.92 Å². The van der Waals surface area contributed by atoms with Gasteiger partial charge in [-0.3, -0.25) is 9.98 Å². The minimum atomic E-state index is 0.849. The highest BCUT2D eigenvalue weighted by molar-refractivity contribution is 5.73. The highest BCUT2D eigenvalue weighted by atomic mass is 14.7. The second-order valence-electron chi connectivity index (χ2n) is 3.85. The summed E-state index contributed by atoms with van der Waals surface area (Å²) in [4.78, 5) is 12.8. The van der Waals surface area contributed by atoms with Crippen molar-refractivity contribution in [1.82, 2.24) is 9.97 Å².